The van der Waals surface area contributed by atoms with E-state index in [1.807, 2.05) is 0 Å². The quantitative estimate of drug-likeness (QED) is 0.547. The minimum atomic E-state index is -1.11. The van der Waals surface area contributed by atoms with E-state index in [0.717, 1.165) is 19.6 Å². The summed E-state index contributed by atoms with van der Waals surface area (Å²) < 4.78 is 0. The predicted octanol–water partition coefficient (Wildman–Crippen LogP) is -2.49. The van der Waals surface area contributed by atoms with E-state index < -0.39 is 11.9 Å². The molecular weight excluding hydrogens is 208 g/mol. The molecule has 0 spiro atoms. The van der Waals surface area contributed by atoms with E-state index in [-0.39, 0.29) is 12.3 Å². The number of carbonyl (C=O) groups is 2. The van der Waals surface area contributed by atoms with Gasteiger partial charge >= 0.3 is 0 Å². The Morgan fingerprint density at radius 1 is 1.50 bits per heavy atom. The fraction of sp³-hybridized carbons (Fsp3) is 0.818. The Morgan fingerprint density at radius 3 is 2.56 bits per heavy atom. The van der Waals surface area contributed by atoms with Crippen LogP contribution >= 0.6 is 0 Å². The number of likely N-dealkylation sites (N-methyl/N-ethyl adjacent to an activating group) is 1. The van der Waals surface area contributed by atoms with Gasteiger partial charge in [0.2, 0.25) is 5.91 Å². The number of amides is 1. The SMILES string of the molecule is CC[NH+](CC)CCN1C[C@H](C(=O)[O-])CC1=O. The molecule has 1 aliphatic heterocycles. The minimum absolute atomic E-state index is 0.0549. The summed E-state index contributed by atoms with van der Waals surface area (Å²) in [5.41, 5.74) is 0. The van der Waals surface area contributed by atoms with Gasteiger partial charge < -0.3 is 19.7 Å². The smallest absolute Gasteiger partial charge is 0.223 e. The third-order valence-electron chi connectivity index (χ3n) is 3.28. The lowest BCUT2D eigenvalue weighted by atomic mass is 10.1. The highest BCUT2D eigenvalue weighted by molar-refractivity contribution is 5.85. The van der Waals surface area contributed by atoms with E-state index in [1.54, 1.807) is 4.90 Å². The Bertz CT molecular complexity index is 264. The number of carboxylic acids is 1. The Labute approximate surface area is 96.0 Å². The summed E-state index contributed by atoms with van der Waals surface area (Å²) in [7, 11) is 0. The van der Waals surface area contributed by atoms with E-state index in [1.165, 1.54) is 4.90 Å². The summed E-state index contributed by atoms with van der Waals surface area (Å²) >= 11 is 0. The van der Waals surface area contributed by atoms with Crippen LogP contribution in [0.1, 0.15) is 20.3 Å². The average Bonchev–Trinajstić information content (AvgIpc) is 2.62. The minimum Gasteiger partial charge on any atom is -0.550 e. The monoisotopic (exact) mass is 228 g/mol. The highest BCUT2D eigenvalue weighted by Crippen LogP contribution is 2.15. The number of rotatable bonds is 6. The zero-order chi connectivity index (χ0) is 12.1. The molecular formula is C11H20N2O3. The number of hydrogen-bond acceptors (Lipinski definition) is 3. The second-order valence-electron chi connectivity index (χ2n) is 4.27. The fourth-order valence-corrected chi connectivity index (χ4v) is 2.04. The third-order valence-corrected chi connectivity index (χ3v) is 3.28. The zero-order valence-corrected chi connectivity index (χ0v) is 9.99. The van der Waals surface area contributed by atoms with Crippen LogP contribution in [0.15, 0.2) is 0 Å². The molecule has 1 saturated heterocycles. The van der Waals surface area contributed by atoms with Gasteiger partial charge in [0, 0.05) is 24.9 Å². The van der Waals surface area contributed by atoms with Crippen molar-refractivity contribution in [2.75, 3.05) is 32.7 Å². The van der Waals surface area contributed by atoms with E-state index in [9.17, 15) is 14.7 Å². The van der Waals surface area contributed by atoms with Crippen molar-refractivity contribution >= 4 is 11.9 Å². The molecule has 92 valence electrons. The zero-order valence-electron chi connectivity index (χ0n) is 9.99. The highest BCUT2D eigenvalue weighted by Gasteiger charge is 2.30. The van der Waals surface area contributed by atoms with Crippen molar-refractivity contribution in [2.45, 2.75) is 20.3 Å². The molecule has 1 fully saturated rings. The van der Waals surface area contributed by atoms with Gasteiger partial charge in [0.25, 0.3) is 0 Å². The lowest BCUT2D eigenvalue weighted by Crippen LogP contribution is -3.12. The molecule has 0 bridgehead atoms. The van der Waals surface area contributed by atoms with Gasteiger partial charge in [-0.2, -0.15) is 0 Å². The van der Waals surface area contributed by atoms with Crippen molar-refractivity contribution in [3.05, 3.63) is 0 Å². The first-order valence-electron chi connectivity index (χ1n) is 5.90. The number of likely N-dealkylation sites (tertiary alicyclic amines) is 1. The largest absolute Gasteiger partial charge is 0.550 e. The molecule has 0 aliphatic carbocycles. The first-order chi connectivity index (χ1) is 7.58. The van der Waals surface area contributed by atoms with E-state index >= 15 is 0 Å². The summed E-state index contributed by atoms with van der Waals surface area (Å²) in [5, 5.41) is 10.6. The maximum absolute atomic E-state index is 11.5. The van der Waals surface area contributed by atoms with Crippen LogP contribution in [0.4, 0.5) is 0 Å². The number of nitrogens with zero attached hydrogens (tertiary/aromatic N) is 1. The summed E-state index contributed by atoms with van der Waals surface area (Å²) in [6.45, 7) is 8.13. The van der Waals surface area contributed by atoms with Gasteiger partial charge in [-0.25, -0.2) is 0 Å². The Hall–Kier alpha value is -1.10. The van der Waals surface area contributed by atoms with Crippen molar-refractivity contribution in [1.29, 1.82) is 0 Å². The molecule has 5 heteroatoms. The molecule has 5 nitrogen and oxygen atoms in total. The van der Waals surface area contributed by atoms with Crippen molar-refractivity contribution in [3.8, 4) is 0 Å². The molecule has 0 radical (unpaired) electrons. The molecule has 1 heterocycles. The van der Waals surface area contributed by atoms with Gasteiger partial charge in [0.1, 0.15) is 0 Å². The van der Waals surface area contributed by atoms with Crippen LogP contribution in [0.3, 0.4) is 0 Å². The van der Waals surface area contributed by atoms with E-state index in [4.69, 9.17) is 0 Å². The predicted molar refractivity (Wildman–Crippen MR) is 56.6 cm³/mol. The number of quaternary nitrogens is 1. The molecule has 0 saturated carbocycles. The average molecular weight is 228 g/mol. The number of hydrogen-bond donors (Lipinski definition) is 1. The van der Waals surface area contributed by atoms with Crippen LogP contribution in [0.25, 0.3) is 0 Å². The molecule has 0 aromatic carbocycles. The summed E-state index contributed by atoms with van der Waals surface area (Å²) in [6, 6.07) is 0. The molecule has 16 heavy (non-hydrogen) atoms. The van der Waals surface area contributed by atoms with Crippen molar-refractivity contribution in [3.63, 3.8) is 0 Å². The summed E-state index contributed by atoms with van der Waals surface area (Å²) in [6.07, 6.45) is 0.107. The molecule has 1 N–H and O–H groups in total. The van der Waals surface area contributed by atoms with Crippen LogP contribution in [0.2, 0.25) is 0 Å². The van der Waals surface area contributed by atoms with Gasteiger partial charge in [0.05, 0.1) is 26.2 Å². The van der Waals surface area contributed by atoms with E-state index in [0.29, 0.717) is 13.1 Å². The topological polar surface area (TPSA) is 64.9 Å². The van der Waals surface area contributed by atoms with Crippen LogP contribution in [0.5, 0.6) is 0 Å². The van der Waals surface area contributed by atoms with E-state index in [2.05, 4.69) is 13.8 Å². The Morgan fingerprint density at radius 2 is 2.12 bits per heavy atom. The van der Waals surface area contributed by atoms with Gasteiger partial charge in [0.15, 0.2) is 0 Å². The lowest BCUT2D eigenvalue weighted by molar-refractivity contribution is -0.895. The van der Waals surface area contributed by atoms with Crippen LogP contribution in [0, 0.1) is 5.92 Å². The highest BCUT2D eigenvalue weighted by atomic mass is 16.4. The first-order valence-corrected chi connectivity index (χ1v) is 5.90. The maximum atomic E-state index is 11.5. The molecule has 1 amide bonds. The van der Waals surface area contributed by atoms with Crippen molar-refractivity contribution < 1.29 is 19.6 Å². The van der Waals surface area contributed by atoms with Gasteiger partial charge in [-0.05, 0) is 13.8 Å². The summed E-state index contributed by atoms with van der Waals surface area (Å²) in [5.74, 6) is -1.77. The number of aliphatic carboxylic acids is 1. The molecule has 0 unspecified atom stereocenters. The second kappa shape index (κ2) is 5.84. The van der Waals surface area contributed by atoms with Crippen LogP contribution in [-0.4, -0.2) is 49.5 Å². The standard InChI is InChI=1S/C11H20N2O3/c1-3-12(4-2)5-6-13-8-9(11(15)16)7-10(13)14/h9H,3-8H2,1-2H3,(H,15,16)/t9-/m1/s1. The second-order valence-corrected chi connectivity index (χ2v) is 4.27. The Kier molecular flexibility index (Phi) is 4.73. The molecule has 0 aromatic rings. The number of nitrogens with one attached hydrogen (secondary N) is 1. The van der Waals surface area contributed by atoms with Crippen molar-refractivity contribution in [2.24, 2.45) is 5.92 Å². The summed E-state index contributed by atoms with van der Waals surface area (Å²) in [4.78, 5) is 25.2. The third kappa shape index (κ3) is 3.20. The van der Waals surface area contributed by atoms with Gasteiger partial charge in [-0.3, -0.25) is 4.79 Å². The molecule has 0 aromatic heterocycles. The molecule has 1 atom stereocenters. The van der Waals surface area contributed by atoms with Crippen molar-refractivity contribution in [1.82, 2.24) is 4.90 Å². The number of carbonyl (C=O) groups excluding carboxylic acids is 2. The van der Waals surface area contributed by atoms with Crippen LogP contribution in [-0.2, 0) is 9.59 Å². The first kappa shape index (κ1) is 13.0. The normalized spacial score (nSPS) is 20.8. The fourth-order valence-electron chi connectivity index (χ4n) is 2.04. The van der Waals surface area contributed by atoms with Crippen LogP contribution < -0.4 is 10.0 Å². The lowest BCUT2D eigenvalue weighted by Gasteiger charge is -2.21. The number of carboxylic acid groups (broad SMARTS) is 1. The maximum Gasteiger partial charge on any atom is 0.223 e. The molecule has 1 rings (SSSR count). The van der Waals surface area contributed by atoms with Gasteiger partial charge in [-0.1, -0.05) is 0 Å². The molecule has 1 aliphatic rings. The Balaban J connectivity index is 2.38. The van der Waals surface area contributed by atoms with Gasteiger partial charge in [-0.15, -0.1) is 0 Å².